The quantitative estimate of drug-likeness (QED) is 0.787. The molecular formula is C22H35N5O2. The minimum absolute atomic E-state index is 0.0960. The smallest absolute Gasteiger partial charge is 0.272 e. The van der Waals surface area contributed by atoms with Crippen LogP contribution in [-0.4, -0.2) is 71.0 Å². The van der Waals surface area contributed by atoms with Crippen molar-refractivity contribution in [1.82, 2.24) is 20.4 Å². The summed E-state index contributed by atoms with van der Waals surface area (Å²) >= 11 is 0. The predicted molar refractivity (Wildman–Crippen MR) is 113 cm³/mol. The molecule has 2 aliphatic heterocycles. The number of aliphatic hydroxyl groups excluding tert-OH is 1. The molecule has 0 atom stereocenters. The lowest BCUT2D eigenvalue weighted by Gasteiger charge is -2.37. The molecule has 1 aliphatic carbocycles. The summed E-state index contributed by atoms with van der Waals surface area (Å²) in [5.74, 6) is 1.50. The third kappa shape index (κ3) is 5.66. The minimum atomic E-state index is -0.0978. The molecule has 0 aromatic carbocycles. The second-order valence-electron chi connectivity index (χ2n) is 9.05. The van der Waals surface area contributed by atoms with Crippen molar-refractivity contribution in [3.63, 3.8) is 0 Å². The average molecular weight is 402 g/mol. The van der Waals surface area contributed by atoms with Gasteiger partial charge >= 0.3 is 0 Å². The average Bonchev–Trinajstić information content (AvgIpc) is 2.77. The first kappa shape index (κ1) is 20.5. The zero-order chi connectivity index (χ0) is 20.1. The SMILES string of the molecule is O=C(NC1CCCCC1)c1ccc(N2CCC(CN3CCC(O)CC3)CC2)nn1. The van der Waals surface area contributed by atoms with E-state index in [1.807, 2.05) is 12.1 Å². The highest BCUT2D eigenvalue weighted by molar-refractivity contribution is 5.92. The van der Waals surface area contributed by atoms with E-state index >= 15 is 0 Å². The van der Waals surface area contributed by atoms with E-state index < -0.39 is 0 Å². The van der Waals surface area contributed by atoms with Crippen LogP contribution >= 0.6 is 0 Å². The molecule has 160 valence electrons. The van der Waals surface area contributed by atoms with Gasteiger partial charge in [-0.25, -0.2) is 0 Å². The molecule has 4 rings (SSSR count). The first-order chi connectivity index (χ1) is 14.2. The van der Waals surface area contributed by atoms with Gasteiger partial charge in [0.05, 0.1) is 6.10 Å². The van der Waals surface area contributed by atoms with Gasteiger partial charge in [-0.2, -0.15) is 0 Å². The number of hydrogen-bond donors (Lipinski definition) is 2. The van der Waals surface area contributed by atoms with E-state index in [4.69, 9.17) is 0 Å². The van der Waals surface area contributed by atoms with Gasteiger partial charge < -0.3 is 20.2 Å². The molecule has 3 heterocycles. The zero-order valence-electron chi connectivity index (χ0n) is 17.4. The highest BCUT2D eigenvalue weighted by atomic mass is 16.3. The number of amides is 1. The number of nitrogens with one attached hydrogen (secondary N) is 1. The Labute approximate surface area is 173 Å². The van der Waals surface area contributed by atoms with Gasteiger partial charge in [-0.05, 0) is 56.6 Å². The molecule has 1 saturated carbocycles. The molecule has 7 heteroatoms. The van der Waals surface area contributed by atoms with Crippen molar-refractivity contribution in [2.45, 2.75) is 69.9 Å². The molecule has 7 nitrogen and oxygen atoms in total. The number of carbonyl (C=O) groups is 1. The molecule has 1 amide bonds. The van der Waals surface area contributed by atoms with E-state index in [1.165, 1.54) is 19.3 Å². The number of rotatable bonds is 5. The van der Waals surface area contributed by atoms with Crippen molar-refractivity contribution in [1.29, 1.82) is 0 Å². The van der Waals surface area contributed by atoms with Crippen molar-refractivity contribution >= 4 is 11.7 Å². The van der Waals surface area contributed by atoms with Crippen LogP contribution in [0.5, 0.6) is 0 Å². The summed E-state index contributed by atoms with van der Waals surface area (Å²) in [5.41, 5.74) is 0.418. The molecular weight excluding hydrogens is 366 g/mol. The molecule has 3 fully saturated rings. The van der Waals surface area contributed by atoms with E-state index in [1.54, 1.807) is 0 Å². The van der Waals surface area contributed by atoms with Crippen molar-refractivity contribution in [3.8, 4) is 0 Å². The molecule has 2 saturated heterocycles. The maximum absolute atomic E-state index is 12.4. The van der Waals surface area contributed by atoms with Crippen molar-refractivity contribution < 1.29 is 9.90 Å². The van der Waals surface area contributed by atoms with Gasteiger partial charge in [-0.15, -0.1) is 10.2 Å². The number of piperidine rings is 2. The van der Waals surface area contributed by atoms with E-state index in [2.05, 4.69) is 25.3 Å². The number of likely N-dealkylation sites (tertiary alicyclic amines) is 1. The Morgan fingerprint density at radius 2 is 1.69 bits per heavy atom. The van der Waals surface area contributed by atoms with E-state index in [0.717, 1.165) is 83.0 Å². The van der Waals surface area contributed by atoms with E-state index in [0.29, 0.717) is 11.7 Å². The molecule has 1 aromatic heterocycles. The van der Waals surface area contributed by atoms with Crippen LogP contribution in [0.4, 0.5) is 5.82 Å². The van der Waals surface area contributed by atoms with E-state index in [9.17, 15) is 9.90 Å². The number of nitrogens with zero attached hydrogens (tertiary/aromatic N) is 4. The Morgan fingerprint density at radius 1 is 0.966 bits per heavy atom. The lowest BCUT2D eigenvalue weighted by Crippen LogP contribution is -2.42. The van der Waals surface area contributed by atoms with Crippen molar-refractivity contribution in [2.75, 3.05) is 37.6 Å². The molecule has 3 aliphatic rings. The van der Waals surface area contributed by atoms with Crippen LogP contribution in [0.1, 0.15) is 68.3 Å². The van der Waals surface area contributed by atoms with Crippen LogP contribution in [0.25, 0.3) is 0 Å². The zero-order valence-corrected chi connectivity index (χ0v) is 17.4. The fourth-order valence-electron chi connectivity index (χ4n) is 4.93. The summed E-state index contributed by atoms with van der Waals surface area (Å²) in [6, 6.07) is 4.04. The maximum atomic E-state index is 12.4. The Morgan fingerprint density at radius 3 is 2.34 bits per heavy atom. The topological polar surface area (TPSA) is 81.6 Å². The van der Waals surface area contributed by atoms with Crippen LogP contribution in [0.2, 0.25) is 0 Å². The molecule has 2 N–H and O–H groups in total. The molecule has 0 spiro atoms. The van der Waals surface area contributed by atoms with Crippen LogP contribution in [-0.2, 0) is 0 Å². The number of anilines is 1. The second kappa shape index (κ2) is 9.85. The number of aliphatic hydroxyl groups is 1. The Hall–Kier alpha value is -1.73. The van der Waals surface area contributed by atoms with Crippen molar-refractivity contribution in [2.24, 2.45) is 5.92 Å². The largest absolute Gasteiger partial charge is 0.393 e. The van der Waals surface area contributed by atoms with Gasteiger partial charge in [-0.3, -0.25) is 4.79 Å². The summed E-state index contributed by atoms with van der Waals surface area (Å²) in [6.07, 6.45) is 9.86. The van der Waals surface area contributed by atoms with Gasteiger partial charge in [0.15, 0.2) is 11.5 Å². The summed E-state index contributed by atoms with van der Waals surface area (Å²) < 4.78 is 0. The minimum Gasteiger partial charge on any atom is -0.393 e. The normalized spacial score (nSPS) is 23.3. The molecule has 0 radical (unpaired) electrons. The summed E-state index contributed by atoms with van der Waals surface area (Å²) in [7, 11) is 0. The highest BCUT2D eigenvalue weighted by Gasteiger charge is 2.25. The lowest BCUT2D eigenvalue weighted by atomic mass is 9.95. The first-order valence-electron chi connectivity index (χ1n) is 11.5. The summed E-state index contributed by atoms with van der Waals surface area (Å²) in [4.78, 5) is 17.2. The van der Waals surface area contributed by atoms with Crippen LogP contribution in [0, 0.1) is 5.92 Å². The maximum Gasteiger partial charge on any atom is 0.272 e. The molecule has 1 aromatic rings. The van der Waals surface area contributed by atoms with Gasteiger partial charge in [0, 0.05) is 38.8 Å². The lowest BCUT2D eigenvalue weighted by molar-refractivity contribution is 0.0723. The third-order valence-electron chi connectivity index (χ3n) is 6.84. The Balaban J connectivity index is 1.23. The summed E-state index contributed by atoms with van der Waals surface area (Å²) in [6.45, 7) is 5.17. The molecule has 0 bridgehead atoms. The van der Waals surface area contributed by atoms with Crippen LogP contribution in [0.15, 0.2) is 12.1 Å². The van der Waals surface area contributed by atoms with Gasteiger partial charge in [0.1, 0.15) is 0 Å². The van der Waals surface area contributed by atoms with Crippen LogP contribution < -0.4 is 10.2 Å². The predicted octanol–water partition coefficient (Wildman–Crippen LogP) is 2.21. The van der Waals surface area contributed by atoms with Crippen LogP contribution in [0.3, 0.4) is 0 Å². The second-order valence-corrected chi connectivity index (χ2v) is 9.05. The summed E-state index contributed by atoms with van der Waals surface area (Å²) in [5, 5.41) is 21.3. The van der Waals surface area contributed by atoms with Gasteiger partial charge in [0.2, 0.25) is 0 Å². The van der Waals surface area contributed by atoms with Gasteiger partial charge in [-0.1, -0.05) is 19.3 Å². The third-order valence-corrected chi connectivity index (χ3v) is 6.84. The number of hydrogen-bond acceptors (Lipinski definition) is 6. The number of carbonyl (C=O) groups excluding carboxylic acids is 1. The first-order valence-corrected chi connectivity index (χ1v) is 11.5. The fourth-order valence-corrected chi connectivity index (χ4v) is 4.93. The number of aromatic nitrogens is 2. The molecule has 0 unspecified atom stereocenters. The Kier molecular flexibility index (Phi) is 6.98. The van der Waals surface area contributed by atoms with Crippen molar-refractivity contribution in [3.05, 3.63) is 17.8 Å². The standard InChI is InChI=1S/C22H35N5O2/c28-19-10-12-26(13-11-19)16-17-8-14-27(15-9-17)21-7-6-20(24-25-21)22(29)23-18-4-2-1-3-5-18/h6-7,17-19,28H,1-5,8-16H2,(H,23,29). The monoisotopic (exact) mass is 401 g/mol. The fraction of sp³-hybridized carbons (Fsp3) is 0.773. The molecule has 29 heavy (non-hydrogen) atoms. The van der Waals surface area contributed by atoms with Gasteiger partial charge in [0.25, 0.3) is 5.91 Å². The Bertz CT molecular complexity index is 646. The highest BCUT2D eigenvalue weighted by Crippen LogP contribution is 2.24. The van der Waals surface area contributed by atoms with E-state index in [-0.39, 0.29) is 12.0 Å².